The Balaban J connectivity index is 1.26. The largest absolute Gasteiger partial charge is 0.351 e. The van der Waals surface area contributed by atoms with Gasteiger partial charge >= 0.3 is 0 Å². The van der Waals surface area contributed by atoms with E-state index in [9.17, 15) is 4.79 Å². The zero-order valence-corrected chi connectivity index (χ0v) is 18.2. The number of aromatic nitrogens is 1. The minimum Gasteiger partial charge on any atom is -0.351 e. The molecule has 7 heteroatoms. The molecule has 3 aromatic rings. The average Bonchev–Trinajstić information content (AvgIpc) is 3.12. The Morgan fingerprint density at radius 3 is 2.75 bits per heavy atom. The van der Waals surface area contributed by atoms with Crippen molar-refractivity contribution in [3.05, 3.63) is 58.1 Å². The summed E-state index contributed by atoms with van der Waals surface area (Å²) in [6.07, 6.45) is 0. The number of carbonyl (C=O) groups excluding carboxylic acids is 1. The molecule has 1 amide bonds. The Labute approximate surface area is 177 Å². The van der Waals surface area contributed by atoms with Gasteiger partial charge in [-0.2, -0.15) is 0 Å². The number of piperazine rings is 1. The maximum Gasteiger partial charge on any atom is 0.251 e. The SMILES string of the molecule is Cc1ccccc1C(=O)NCCN1CCN(c2nc3ccc(Br)cc3s2)CC1. The summed E-state index contributed by atoms with van der Waals surface area (Å²) in [5.41, 5.74) is 2.83. The van der Waals surface area contributed by atoms with Crippen molar-refractivity contribution in [2.75, 3.05) is 44.2 Å². The van der Waals surface area contributed by atoms with Crippen LogP contribution in [0, 0.1) is 6.92 Å². The zero-order valence-electron chi connectivity index (χ0n) is 15.8. The van der Waals surface area contributed by atoms with E-state index in [-0.39, 0.29) is 5.91 Å². The van der Waals surface area contributed by atoms with E-state index >= 15 is 0 Å². The Morgan fingerprint density at radius 1 is 1.18 bits per heavy atom. The maximum absolute atomic E-state index is 12.3. The highest BCUT2D eigenvalue weighted by molar-refractivity contribution is 9.10. The van der Waals surface area contributed by atoms with Crippen molar-refractivity contribution >= 4 is 48.5 Å². The fraction of sp³-hybridized carbons (Fsp3) is 0.333. The van der Waals surface area contributed by atoms with E-state index in [2.05, 4.69) is 43.2 Å². The lowest BCUT2D eigenvalue weighted by Crippen LogP contribution is -2.48. The number of carbonyl (C=O) groups is 1. The van der Waals surface area contributed by atoms with Gasteiger partial charge in [0.05, 0.1) is 10.2 Å². The van der Waals surface area contributed by atoms with Crippen LogP contribution >= 0.6 is 27.3 Å². The summed E-state index contributed by atoms with van der Waals surface area (Å²) in [5, 5.41) is 4.14. The van der Waals surface area contributed by atoms with E-state index in [0.717, 1.165) is 59.0 Å². The van der Waals surface area contributed by atoms with Gasteiger partial charge in [-0.05, 0) is 36.8 Å². The van der Waals surface area contributed by atoms with Crippen LogP contribution < -0.4 is 10.2 Å². The Bertz CT molecular complexity index is 981. The van der Waals surface area contributed by atoms with Gasteiger partial charge in [-0.25, -0.2) is 4.98 Å². The van der Waals surface area contributed by atoms with Gasteiger partial charge < -0.3 is 10.2 Å². The van der Waals surface area contributed by atoms with Gasteiger partial charge in [0.15, 0.2) is 5.13 Å². The van der Waals surface area contributed by atoms with Crippen molar-refractivity contribution in [1.29, 1.82) is 0 Å². The molecule has 28 heavy (non-hydrogen) atoms. The number of amides is 1. The summed E-state index contributed by atoms with van der Waals surface area (Å²) in [6, 6.07) is 13.9. The summed E-state index contributed by atoms with van der Waals surface area (Å²) in [7, 11) is 0. The van der Waals surface area contributed by atoms with Crippen molar-refractivity contribution in [3.8, 4) is 0 Å². The lowest BCUT2D eigenvalue weighted by atomic mass is 10.1. The molecule has 4 rings (SSSR count). The van der Waals surface area contributed by atoms with E-state index in [1.807, 2.05) is 37.3 Å². The highest BCUT2D eigenvalue weighted by Crippen LogP contribution is 2.31. The number of rotatable bonds is 5. The molecule has 0 spiro atoms. The first-order valence-electron chi connectivity index (χ1n) is 9.47. The summed E-state index contributed by atoms with van der Waals surface area (Å²) in [5.74, 6) is 0.0115. The Hall–Kier alpha value is -1.96. The Morgan fingerprint density at radius 2 is 1.96 bits per heavy atom. The van der Waals surface area contributed by atoms with Crippen molar-refractivity contribution < 1.29 is 4.79 Å². The second-order valence-electron chi connectivity index (χ2n) is 7.01. The number of thiazole rings is 1. The molecule has 0 atom stereocenters. The van der Waals surface area contributed by atoms with Crippen LogP contribution in [0.1, 0.15) is 15.9 Å². The zero-order chi connectivity index (χ0) is 19.5. The van der Waals surface area contributed by atoms with E-state index in [0.29, 0.717) is 6.54 Å². The van der Waals surface area contributed by atoms with Crippen LogP contribution in [0.15, 0.2) is 46.9 Å². The first-order valence-corrected chi connectivity index (χ1v) is 11.1. The van der Waals surface area contributed by atoms with Crippen LogP contribution in [0.2, 0.25) is 0 Å². The molecular weight excluding hydrogens is 436 g/mol. The van der Waals surface area contributed by atoms with Crippen LogP contribution in [0.4, 0.5) is 5.13 Å². The molecule has 1 N–H and O–H groups in total. The molecule has 1 fully saturated rings. The van der Waals surface area contributed by atoms with Crippen LogP contribution in [-0.2, 0) is 0 Å². The molecule has 5 nitrogen and oxygen atoms in total. The predicted molar refractivity (Wildman–Crippen MR) is 119 cm³/mol. The summed E-state index contributed by atoms with van der Waals surface area (Å²) in [6.45, 7) is 7.41. The smallest absolute Gasteiger partial charge is 0.251 e. The second kappa shape index (κ2) is 8.59. The van der Waals surface area contributed by atoms with Gasteiger partial charge in [-0.15, -0.1) is 0 Å². The van der Waals surface area contributed by atoms with Crippen molar-refractivity contribution in [2.45, 2.75) is 6.92 Å². The quantitative estimate of drug-likeness (QED) is 0.629. The van der Waals surface area contributed by atoms with Gasteiger partial charge in [0.2, 0.25) is 0 Å². The number of nitrogens with one attached hydrogen (secondary N) is 1. The molecule has 0 bridgehead atoms. The number of nitrogens with zero attached hydrogens (tertiary/aromatic N) is 3. The molecule has 1 aliphatic heterocycles. The first kappa shape index (κ1) is 19.4. The first-order chi connectivity index (χ1) is 13.6. The van der Waals surface area contributed by atoms with E-state index < -0.39 is 0 Å². The van der Waals surface area contributed by atoms with E-state index in [1.165, 1.54) is 4.70 Å². The number of hydrogen-bond donors (Lipinski definition) is 1. The highest BCUT2D eigenvalue weighted by Gasteiger charge is 2.20. The second-order valence-corrected chi connectivity index (χ2v) is 8.93. The minimum absolute atomic E-state index is 0.0115. The average molecular weight is 459 g/mol. The van der Waals surface area contributed by atoms with Crippen molar-refractivity contribution in [1.82, 2.24) is 15.2 Å². The fourth-order valence-electron chi connectivity index (χ4n) is 3.43. The van der Waals surface area contributed by atoms with Crippen LogP contribution in [0.25, 0.3) is 10.2 Å². The number of fused-ring (bicyclic) bond motifs is 1. The van der Waals surface area contributed by atoms with Crippen molar-refractivity contribution in [2.24, 2.45) is 0 Å². The standard InChI is InChI=1S/C21H23BrN4OS/c1-15-4-2-3-5-17(15)20(27)23-8-9-25-10-12-26(13-11-25)21-24-18-7-6-16(22)14-19(18)28-21/h2-7,14H,8-13H2,1H3,(H,23,27). The normalized spacial score (nSPS) is 15.1. The lowest BCUT2D eigenvalue weighted by Gasteiger charge is -2.34. The predicted octanol–water partition coefficient (Wildman–Crippen LogP) is 3.92. The topological polar surface area (TPSA) is 48.5 Å². The minimum atomic E-state index is 0.0115. The molecule has 2 heterocycles. The fourth-order valence-corrected chi connectivity index (χ4v) is 5.00. The number of halogens is 1. The summed E-state index contributed by atoms with van der Waals surface area (Å²) >= 11 is 5.28. The van der Waals surface area contributed by atoms with Crippen LogP contribution in [0.3, 0.4) is 0 Å². The number of benzene rings is 2. The molecule has 0 aliphatic carbocycles. The van der Waals surface area contributed by atoms with Gasteiger partial charge in [0, 0.05) is 49.3 Å². The molecule has 1 aromatic heterocycles. The maximum atomic E-state index is 12.3. The molecule has 146 valence electrons. The van der Waals surface area contributed by atoms with Gasteiger partial charge in [-0.3, -0.25) is 9.69 Å². The number of hydrogen-bond acceptors (Lipinski definition) is 5. The molecule has 1 saturated heterocycles. The third-order valence-corrected chi connectivity index (χ3v) is 6.66. The third-order valence-electron chi connectivity index (χ3n) is 5.09. The van der Waals surface area contributed by atoms with E-state index in [4.69, 9.17) is 4.98 Å². The highest BCUT2D eigenvalue weighted by atomic mass is 79.9. The summed E-state index contributed by atoms with van der Waals surface area (Å²) in [4.78, 5) is 21.8. The molecule has 0 radical (unpaired) electrons. The monoisotopic (exact) mass is 458 g/mol. The number of aryl methyl sites for hydroxylation is 1. The van der Waals surface area contributed by atoms with E-state index in [1.54, 1.807) is 11.3 Å². The van der Waals surface area contributed by atoms with Crippen LogP contribution in [-0.4, -0.2) is 55.1 Å². The van der Waals surface area contributed by atoms with Gasteiger partial charge in [-0.1, -0.05) is 45.5 Å². The van der Waals surface area contributed by atoms with Crippen molar-refractivity contribution in [3.63, 3.8) is 0 Å². The van der Waals surface area contributed by atoms with Gasteiger partial charge in [0.25, 0.3) is 5.91 Å². The third kappa shape index (κ3) is 4.37. The molecule has 1 aliphatic rings. The summed E-state index contributed by atoms with van der Waals surface area (Å²) < 4.78 is 2.30. The molecule has 0 unspecified atom stereocenters. The molecule has 0 saturated carbocycles. The van der Waals surface area contributed by atoms with Crippen LogP contribution in [0.5, 0.6) is 0 Å². The number of anilines is 1. The molecule has 2 aromatic carbocycles. The Kier molecular flexibility index (Phi) is 5.94. The molecular formula is C21H23BrN4OS. The lowest BCUT2D eigenvalue weighted by molar-refractivity contribution is 0.0947. The van der Waals surface area contributed by atoms with Gasteiger partial charge in [0.1, 0.15) is 0 Å².